The average Bonchev–Trinajstić information content (AvgIpc) is 2.94. The Labute approximate surface area is 233 Å². The van der Waals surface area contributed by atoms with E-state index in [2.05, 4.69) is 13.2 Å². The van der Waals surface area contributed by atoms with Crippen molar-refractivity contribution in [2.75, 3.05) is 63.7 Å². The summed E-state index contributed by atoms with van der Waals surface area (Å²) in [5.74, 6) is 1.93. The van der Waals surface area contributed by atoms with Crippen molar-refractivity contribution in [1.82, 2.24) is 0 Å². The highest BCUT2D eigenvalue weighted by Crippen LogP contribution is 2.25. The Bertz CT molecular complexity index is 948. The molecule has 0 aliphatic heterocycles. The number of ether oxygens (including phenoxy) is 6. The Hall–Kier alpha value is -2.66. The Morgan fingerprint density at radius 3 is 1.53 bits per heavy atom. The molecule has 0 saturated carbocycles. The quantitative estimate of drug-likeness (QED) is 0.130. The summed E-state index contributed by atoms with van der Waals surface area (Å²) in [7, 11) is 0. The first-order chi connectivity index (χ1) is 18.5. The molecular weight excluding hydrogens is 528 g/mol. The molecule has 0 amide bonds. The van der Waals surface area contributed by atoms with Crippen molar-refractivity contribution < 1.29 is 38.0 Å². The van der Waals surface area contributed by atoms with Crippen molar-refractivity contribution in [3.8, 4) is 11.5 Å². The van der Waals surface area contributed by atoms with Crippen molar-refractivity contribution in [2.45, 2.75) is 12.2 Å². The molecule has 8 nitrogen and oxygen atoms in total. The van der Waals surface area contributed by atoms with Crippen LogP contribution in [0.15, 0.2) is 61.7 Å². The minimum Gasteiger partial charge on any atom is -0.490 e. The number of carbonyl (C=O) groups is 2. The Balaban J connectivity index is 1.97. The molecule has 2 aromatic carbocycles. The Kier molecular flexibility index (Phi) is 15.4. The van der Waals surface area contributed by atoms with Gasteiger partial charge in [0.1, 0.15) is 24.7 Å². The summed E-state index contributed by atoms with van der Waals surface area (Å²) in [5.41, 5.74) is 0. The molecule has 2 aromatic rings. The summed E-state index contributed by atoms with van der Waals surface area (Å²) in [6, 6.07) is 11.3. The van der Waals surface area contributed by atoms with Crippen molar-refractivity contribution in [3.05, 3.63) is 61.7 Å². The third-order valence-corrected chi connectivity index (χ3v) is 6.17. The predicted octanol–water partition coefficient (Wildman–Crippen LogP) is 4.55. The topological polar surface area (TPSA) is 89.5 Å². The molecular formula is C28H36O8S2. The maximum absolute atomic E-state index is 11.7. The van der Waals surface area contributed by atoms with Crippen LogP contribution in [-0.2, 0) is 28.5 Å². The number of thioether (sulfide) groups is 2. The fourth-order valence-corrected chi connectivity index (χ4v) is 3.70. The van der Waals surface area contributed by atoms with Crippen LogP contribution in [0.2, 0.25) is 0 Å². The first-order valence-electron chi connectivity index (χ1n) is 12.1. The number of benzene rings is 2. The molecule has 2 unspecified atom stereocenters. The van der Waals surface area contributed by atoms with Crippen LogP contribution in [-0.4, -0.2) is 87.8 Å². The normalized spacial score (nSPS) is 12.4. The monoisotopic (exact) mass is 564 g/mol. The van der Waals surface area contributed by atoms with Crippen LogP contribution >= 0.6 is 23.5 Å². The fraction of sp³-hybridized carbons (Fsp3) is 0.429. The van der Waals surface area contributed by atoms with Gasteiger partial charge in [-0.1, -0.05) is 25.3 Å². The highest BCUT2D eigenvalue weighted by molar-refractivity contribution is 7.98. The average molecular weight is 565 g/mol. The lowest BCUT2D eigenvalue weighted by molar-refractivity contribution is -0.148. The lowest BCUT2D eigenvalue weighted by Crippen LogP contribution is -2.29. The van der Waals surface area contributed by atoms with Crippen LogP contribution in [0.4, 0.5) is 0 Å². The SMILES string of the molecule is C=CC(=O)OC(COCCSC)COc1ccc2cc(OCC(COCCSC)OC(=O)C=C)ccc2c1. The van der Waals surface area contributed by atoms with E-state index in [1.54, 1.807) is 23.5 Å². The molecule has 0 heterocycles. The predicted molar refractivity (Wildman–Crippen MR) is 153 cm³/mol. The standard InChI is InChI=1S/C28H36O8S2/c1-5-27(29)35-25(17-31-11-13-37-3)19-33-23-9-7-22-16-24(10-8-21(22)15-23)34-20-26(36-28(30)6-2)18-32-12-14-38-4/h5-10,15-16,25-26H,1-2,11-14,17-20H2,3-4H3. The molecule has 2 atom stereocenters. The van der Waals surface area contributed by atoms with Gasteiger partial charge < -0.3 is 28.4 Å². The minimum absolute atomic E-state index is 0.148. The van der Waals surface area contributed by atoms with E-state index in [0.717, 1.165) is 34.4 Å². The summed E-state index contributed by atoms with van der Waals surface area (Å²) < 4.78 is 33.6. The van der Waals surface area contributed by atoms with E-state index in [9.17, 15) is 9.59 Å². The van der Waals surface area contributed by atoms with Gasteiger partial charge in [-0.3, -0.25) is 0 Å². The summed E-state index contributed by atoms with van der Waals surface area (Å²) >= 11 is 3.35. The zero-order valence-corrected chi connectivity index (χ0v) is 23.6. The lowest BCUT2D eigenvalue weighted by atomic mass is 10.1. The maximum Gasteiger partial charge on any atom is 0.330 e. The van der Waals surface area contributed by atoms with E-state index >= 15 is 0 Å². The number of rotatable bonds is 20. The van der Waals surface area contributed by atoms with Crippen molar-refractivity contribution in [3.63, 3.8) is 0 Å². The van der Waals surface area contributed by atoms with Crippen LogP contribution in [0.5, 0.6) is 11.5 Å². The third kappa shape index (κ3) is 12.3. The second kappa shape index (κ2) is 18.6. The molecule has 0 radical (unpaired) electrons. The molecule has 2 rings (SSSR count). The maximum atomic E-state index is 11.7. The van der Waals surface area contributed by atoms with E-state index in [0.29, 0.717) is 24.7 Å². The second-order valence-corrected chi connectivity index (χ2v) is 9.93. The van der Waals surface area contributed by atoms with Crippen molar-refractivity contribution >= 4 is 46.2 Å². The number of fused-ring (bicyclic) bond motifs is 1. The van der Waals surface area contributed by atoms with Gasteiger partial charge in [0.05, 0.1) is 26.4 Å². The first-order valence-corrected chi connectivity index (χ1v) is 14.9. The smallest absolute Gasteiger partial charge is 0.330 e. The van der Waals surface area contributed by atoms with Crippen LogP contribution < -0.4 is 9.47 Å². The molecule has 38 heavy (non-hydrogen) atoms. The first kappa shape index (κ1) is 31.6. The van der Waals surface area contributed by atoms with Gasteiger partial charge in [0.25, 0.3) is 0 Å². The highest BCUT2D eigenvalue weighted by Gasteiger charge is 2.16. The van der Waals surface area contributed by atoms with E-state index in [4.69, 9.17) is 28.4 Å². The Morgan fingerprint density at radius 2 is 1.16 bits per heavy atom. The molecule has 208 valence electrons. The molecule has 0 fully saturated rings. The van der Waals surface area contributed by atoms with Crippen LogP contribution in [0.1, 0.15) is 0 Å². The minimum atomic E-state index is -0.554. The molecule has 0 aromatic heterocycles. The van der Waals surface area contributed by atoms with Gasteiger partial charge in [0, 0.05) is 23.7 Å². The van der Waals surface area contributed by atoms with Gasteiger partial charge in [0.2, 0.25) is 0 Å². The van der Waals surface area contributed by atoms with Crippen molar-refractivity contribution in [1.29, 1.82) is 0 Å². The molecule has 0 aliphatic rings. The summed E-state index contributed by atoms with van der Waals surface area (Å²) in [6.07, 6.45) is 5.13. The van der Waals surface area contributed by atoms with Gasteiger partial charge in [-0.25, -0.2) is 9.59 Å². The number of hydrogen-bond acceptors (Lipinski definition) is 10. The van der Waals surface area contributed by atoms with Crippen LogP contribution in [0.3, 0.4) is 0 Å². The highest BCUT2D eigenvalue weighted by atomic mass is 32.2. The van der Waals surface area contributed by atoms with E-state index in [1.165, 1.54) is 0 Å². The second-order valence-electron chi connectivity index (χ2n) is 7.95. The number of carbonyl (C=O) groups excluding carboxylic acids is 2. The molecule has 0 aliphatic carbocycles. The lowest BCUT2D eigenvalue weighted by Gasteiger charge is -2.19. The summed E-state index contributed by atoms with van der Waals surface area (Å²) in [5, 5.41) is 1.89. The number of esters is 2. The molecule has 10 heteroatoms. The third-order valence-electron chi connectivity index (χ3n) is 5.03. The number of hydrogen-bond donors (Lipinski definition) is 0. The molecule has 0 spiro atoms. The van der Waals surface area contributed by atoms with E-state index in [1.807, 2.05) is 48.9 Å². The Morgan fingerprint density at radius 1 is 0.737 bits per heavy atom. The van der Waals surface area contributed by atoms with Gasteiger partial charge in [-0.05, 0) is 47.5 Å². The largest absolute Gasteiger partial charge is 0.490 e. The molecule has 0 bridgehead atoms. The summed E-state index contributed by atoms with van der Waals surface area (Å²) in [4.78, 5) is 23.3. The van der Waals surface area contributed by atoms with Gasteiger partial charge in [-0.15, -0.1) is 0 Å². The van der Waals surface area contributed by atoms with Gasteiger partial charge in [0.15, 0.2) is 12.2 Å². The zero-order valence-electron chi connectivity index (χ0n) is 21.9. The van der Waals surface area contributed by atoms with Crippen LogP contribution in [0, 0.1) is 0 Å². The van der Waals surface area contributed by atoms with E-state index < -0.39 is 24.1 Å². The van der Waals surface area contributed by atoms with Gasteiger partial charge >= 0.3 is 11.9 Å². The van der Waals surface area contributed by atoms with Crippen molar-refractivity contribution in [2.24, 2.45) is 0 Å². The summed E-state index contributed by atoms with van der Waals surface area (Å²) in [6.45, 7) is 8.77. The van der Waals surface area contributed by atoms with Crippen LogP contribution in [0.25, 0.3) is 10.8 Å². The van der Waals surface area contributed by atoms with Gasteiger partial charge in [-0.2, -0.15) is 23.5 Å². The van der Waals surface area contributed by atoms with E-state index in [-0.39, 0.29) is 26.4 Å². The fourth-order valence-electron chi connectivity index (χ4n) is 3.13. The zero-order chi connectivity index (χ0) is 27.6. The molecule has 0 saturated heterocycles. The molecule has 0 N–H and O–H groups in total.